The fourth-order valence-electron chi connectivity index (χ4n) is 3.79. The van der Waals surface area contributed by atoms with Gasteiger partial charge in [0.1, 0.15) is 12.0 Å². The zero-order chi connectivity index (χ0) is 23.5. The number of hydrogen-bond donors (Lipinski definition) is 1. The number of rotatable bonds is 8. The van der Waals surface area contributed by atoms with Crippen LogP contribution in [0.15, 0.2) is 72.9 Å². The highest BCUT2D eigenvalue weighted by Gasteiger charge is 2.56. The van der Waals surface area contributed by atoms with Crippen LogP contribution in [-0.4, -0.2) is 37.9 Å². The fourth-order valence-corrected chi connectivity index (χ4v) is 8.49. The number of aromatic amines is 1. The molecule has 3 rings (SSSR count). The number of ether oxygens (including phenoxy) is 1. The van der Waals surface area contributed by atoms with E-state index in [0.29, 0.717) is 0 Å². The normalized spacial score (nSPS) is 14.7. The number of benzene rings is 2. The lowest BCUT2D eigenvalue weighted by Gasteiger charge is -2.45. The molecule has 0 amide bonds. The Morgan fingerprint density at radius 1 is 0.812 bits per heavy atom. The standard InChI is InChI=1S/C24H29F3N2O2Si/c1-22(2,3)32(19-11-7-5-8-12-19,20-13-9-6-10-14-20)31-18-23(4,24(25,26)27)17-30-21-15-16-28-29-21/h5-16H,17-18H2,1-4H3,(H,28,29). The summed E-state index contributed by atoms with van der Waals surface area (Å²) in [5, 5.41) is 7.70. The number of H-pyrrole nitrogens is 1. The Morgan fingerprint density at radius 2 is 1.34 bits per heavy atom. The van der Waals surface area contributed by atoms with Gasteiger partial charge in [-0.2, -0.15) is 18.3 Å². The summed E-state index contributed by atoms with van der Waals surface area (Å²) >= 11 is 0. The Hall–Kier alpha value is -2.58. The van der Waals surface area contributed by atoms with Crippen LogP contribution in [0.5, 0.6) is 5.88 Å². The highest BCUT2D eigenvalue weighted by atomic mass is 28.4. The van der Waals surface area contributed by atoms with Crippen LogP contribution in [0, 0.1) is 5.41 Å². The molecule has 1 atom stereocenters. The van der Waals surface area contributed by atoms with Gasteiger partial charge in [0.2, 0.25) is 5.88 Å². The van der Waals surface area contributed by atoms with Crippen molar-refractivity contribution < 1.29 is 22.3 Å². The number of aromatic nitrogens is 2. The van der Waals surface area contributed by atoms with E-state index in [1.165, 1.54) is 12.3 Å². The number of nitrogens with zero attached hydrogens (tertiary/aromatic N) is 1. The van der Waals surface area contributed by atoms with Crippen molar-refractivity contribution in [3.05, 3.63) is 72.9 Å². The minimum atomic E-state index is -4.53. The molecule has 32 heavy (non-hydrogen) atoms. The molecule has 8 heteroatoms. The van der Waals surface area contributed by atoms with Gasteiger partial charge in [0.05, 0.1) is 12.8 Å². The van der Waals surface area contributed by atoms with E-state index in [0.717, 1.165) is 17.3 Å². The summed E-state index contributed by atoms with van der Waals surface area (Å²) in [5.41, 5.74) is -2.22. The monoisotopic (exact) mass is 462 g/mol. The van der Waals surface area contributed by atoms with Gasteiger partial charge in [-0.15, -0.1) is 0 Å². The zero-order valence-electron chi connectivity index (χ0n) is 18.7. The highest BCUT2D eigenvalue weighted by molar-refractivity contribution is 6.99. The smallest absolute Gasteiger partial charge is 0.399 e. The van der Waals surface area contributed by atoms with E-state index in [2.05, 4.69) is 10.2 Å². The first-order chi connectivity index (χ1) is 15.0. The maximum absolute atomic E-state index is 14.2. The molecule has 0 saturated carbocycles. The molecular weight excluding hydrogens is 433 g/mol. The minimum Gasteiger partial charge on any atom is -0.477 e. The van der Waals surface area contributed by atoms with Crippen molar-refractivity contribution in [2.24, 2.45) is 5.41 Å². The van der Waals surface area contributed by atoms with Crippen LogP contribution >= 0.6 is 0 Å². The molecule has 0 saturated heterocycles. The van der Waals surface area contributed by atoms with Gasteiger partial charge in [0.15, 0.2) is 0 Å². The van der Waals surface area contributed by atoms with Crippen molar-refractivity contribution in [3.8, 4) is 5.88 Å². The molecular formula is C24H29F3N2O2Si. The first kappa shape index (κ1) is 24.1. The molecule has 172 valence electrons. The zero-order valence-corrected chi connectivity index (χ0v) is 19.7. The first-order valence-corrected chi connectivity index (χ1v) is 12.3. The van der Waals surface area contributed by atoms with Crippen LogP contribution in [0.1, 0.15) is 27.7 Å². The minimum absolute atomic E-state index is 0.186. The third kappa shape index (κ3) is 4.76. The van der Waals surface area contributed by atoms with Crippen molar-refractivity contribution in [3.63, 3.8) is 0 Å². The van der Waals surface area contributed by atoms with E-state index < -0.39 is 38.2 Å². The van der Waals surface area contributed by atoms with E-state index in [-0.39, 0.29) is 5.88 Å². The van der Waals surface area contributed by atoms with Crippen molar-refractivity contribution in [2.45, 2.75) is 38.9 Å². The molecule has 1 unspecified atom stereocenters. The van der Waals surface area contributed by atoms with Gasteiger partial charge < -0.3 is 9.16 Å². The van der Waals surface area contributed by atoms with Crippen molar-refractivity contribution >= 4 is 18.7 Å². The molecule has 0 aliphatic rings. The summed E-state index contributed by atoms with van der Waals surface area (Å²) in [6, 6.07) is 20.7. The molecule has 0 spiro atoms. The molecule has 1 heterocycles. The van der Waals surface area contributed by atoms with Gasteiger partial charge >= 0.3 is 6.18 Å². The summed E-state index contributed by atoms with van der Waals surface area (Å²) in [7, 11) is -3.11. The maximum atomic E-state index is 14.2. The Labute approximate surface area is 187 Å². The van der Waals surface area contributed by atoms with Gasteiger partial charge in [0, 0.05) is 6.07 Å². The number of hydrogen-bond acceptors (Lipinski definition) is 3. The molecule has 0 aliphatic carbocycles. The van der Waals surface area contributed by atoms with Gasteiger partial charge in [0.25, 0.3) is 8.32 Å². The predicted octanol–water partition coefficient (Wildman–Crippen LogP) is 4.93. The Bertz CT molecular complexity index is 934. The Balaban J connectivity index is 2.03. The molecule has 0 fully saturated rings. The summed E-state index contributed by atoms with van der Waals surface area (Å²) in [5.74, 6) is 0.186. The average Bonchev–Trinajstić information content (AvgIpc) is 3.26. The molecule has 0 aliphatic heterocycles. The van der Waals surface area contributed by atoms with Crippen LogP contribution in [0.3, 0.4) is 0 Å². The highest BCUT2D eigenvalue weighted by Crippen LogP contribution is 2.42. The van der Waals surface area contributed by atoms with E-state index in [4.69, 9.17) is 9.16 Å². The SMILES string of the molecule is CC(COc1ccn[nH]1)(CO[Si](c1ccccc1)(c1ccccc1)C(C)(C)C)C(F)(F)F. The fraction of sp³-hybridized carbons (Fsp3) is 0.375. The van der Waals surface area contributed by atoms with Crippen LogP contribution in [0.25, 0.3) is 0 Å². The Kier molecular flexibility index (Phi) is 6.85. The molecule has 4 nitrogen and oxygen atoms in total. The molecule has 2 aromatic carbocycles. The summed E-state index contributed by atoms with van der Waals surface area (Å²) in [4.78, 5) is 0. The number of nitrogens with one attached hydrogen (secondary N) is 1. The summed E-state index contributed by atoms with van der Waals surface area (Å²) < 4.78 is 54.7. The first-order valence-electron chi connectivity index (χ1n) is 10.4. The van der Waals surface area contributed by atoms with Crippen molar-refractivity contribution in [1.29, 1.82) is 0 Å². The van der Waals surface area contributed by atoms with E-state index in [9.17, 15) is 13.2 Å². The van der Waals surface area contributed by atoms with Gasteiger partial charge in [-0.05, 0) is 22.3 Å². The predicted molar refractivity (Wildman–Crippen MR) is 122 cm³/mol. The van der Waals surface area contributed by atoms with Crippen LogP contribution in [0.2, 0.25) is 5.04 Å². The quantitative estimate of drug-likeness (QED) is 0.483. The van der Waals surface area contributed by atoms with Crippen LogP contribution in [0.4, 0.5) is 13.2 Å². The molecule has 3 aromatic rings. The van der Waals surface area contributed by atoms with E-state index in [1.807, 2.05) is 81.4 Å². The van der Waals surface area contributed by atoms with E-state index in [1.54, 1.807) is 0 Å². The van der Waals surface area contributed by atoms with Crippen molar-refractivity contribution in [2.75, 3.05) is 13.2 Å². The summed E-state index contributed by atoms with van der Waals surface area (Å²) in [6.07, 6.45) is -3.10. The molecule has 0 radical (unpaired) electrons. The lowest BCUT2D eigenvalue weighted by atomic mass is 9.92. The largest absolute Gasteiger partial charge is 0.477 e. The average molecular weight is 463 g/mol. The lowest BCUT2D eigenvalue weighted by Crippen LogP contribution is -2.67. The van der Waals surface area contributed by atoms with Crippen LogP contribution < -0.4 is 15.1 Å². The topological polar surface area (TPSA) is 47.1 Å². The lowest BCUT2D eigenvalue weighted by molar-refractivity contribution is -0.235. The second-order valence-electron chi connectivity index (χ2n) is 9.22. The second kappa shape index (κ2) is 9.11. The molecule has 0 bridgehead atoms. The van der Waals surface area contributed by atoms with Crippen LogP contribution in [-0.2, 0) is 4.43 Å². The third-order valence-electron chi connectivity index (χ3n) is 5.73. The Morgan fingerprint density at radius 3 is 1.75 bits per heavy atom. The second-order valence-corrected chi connectivity index (χ2v) is 13.5. The number of alkyl halides is 3. The maximum Gasteiger partial charge on any atom is 0.399 e. The molecule has 1 N–H and O–H groups in total. The van der Waals surface area contributed by atoms with E-state index >= 15 is 0 Å². The van der Waals surface area contributed by atoms with Gasteiger partial charge in [-0.3, -0.25) is 0 Å². The summed E-state index contributed by atoms with van der Waals surface area (Å²) in [6.45, 7) is 6.12. The molecule has 1 aromatic heterocycles. The van der Waals surface area contributed by atoms with Gasteiger partial charge in [-0.25, -0.2) is 5.10 Å². The number of halogens is 3. The third-order valence-corrected chi connectivity index (χ3v) is 10.7. The van der Waals surface area contributed by atoms with Crippen molar-refractivity contribution in [1.82, 2.24) is 10.2 Å². The van der Waals surface area contributed by atoms with Gasteiger partial charge in [-0.1, -0.05) is 81.4 Å².